The lowest BCUT2D eigenvalue weighted by Gasteiger charge is -2.36. The van der Waals surface area contributed by atoms with Crippen LogP contribution in [0.1, 0.15) is 67.2 Å². The van der Waals surface area contributed by atoms with Gasteiger partial charge in [-0.15, -0.1) is 0 Å². The van der Waals surface area contributed by atoms with Crippen LogP contribution in [-0.4, -0.2) is 57.8 Å². The number of nitrogens with zero attached hydrogens (tertiary/aromatic N) is 5. The van der Waals surface area contributed by atoms with Crippen molar-refractivity contribution in [3.63, 3.8) is 0 Å². The van der Waals surface area contributed by atoms with Gasteiger partial charge in [-0.25, -0.2) is 9.97 Å². The highest BCUT2D eigenvalue weighted by Crippen LogP contribution is 2.34. The summed E-state index contributed by atoms with van der Waals surface area (Å²) in [6, 6.07) is 10.1. The number of anilines is 1. The Bertz CT molecular complexity index is 1020. The first kappa shape index (κ1) is 22.0. The van der Waals surface area contributed by atoms with E-state index >= 15 is 0 Å². The summed E-state index contributed by atoms with van der Waals surface area (Å²) < 4.78 is 0. The smallest absolute Gasteiger partial charge is 0.236 e. The Kier molecular flexibility index (Phi) is 6.40. The molecule has 0 saturated carbocycles. The number of benzene rings is 1. The van der Waals surface area contributed by atoms with E-state index in [-0.39, 0.29) is 17.9 Å². The van der Waals surface area contributed by atoms with Gasteiger partial charge in [-0.2, -0.15) is 0 Å². The largest absolute Gasteiger partial charge is 0.342 e. The van der Waals surface area contributed by atoms with Crippen LogP contribution in [0.4, 0.5) is 5.82 Å². The molecule has 1 unspecified atom stereocenters. The molecule has 0 bridgehead atoms. The molecule has 4 heterocycles. The summed E-state index contributed by atoms with van der Waals surface area (Å²) in [5, 5.41) is 0. The van der Waals surface area contributed by atoms with Crippen molar-refractivity contribution in [2.75, 3.05) is 31.1 Å². The maximum Gasteiger partial charge on any atom is 0.236 e. The van der Waals surface area contributed by atoms with Crippen molar-refractivity contribution in [2.24, 2.45) is 0 Å². The summed E-state index contributed by atoms with van der Waals surface area (Å²) in [6.45, 7) is 5.62. The third-order valence-corrected chi connectivity index (χ3v) is 7.25. The van der Waals surface area contributed by atoms with Gasteiger partial charge >= 0.3 is 0 Å². The van der Waals surface area contributed by atoms with E-state index in [1.165, 1.54) is 0 Å². The van der Waals surface area contributed by atoms with Crippen LogP contribution in [0.2, 0.25) is 0 Å². The van der Waals surface area contributed by atoms with Crippen LogP contribution in [0.25, 0.3) is 0 Å². The molecule has 2 amide bonds. The first-order valence-electron chi connectivity index (χ1n) is 12.3. The van der Waals surface area contributed by atoms with Crippen molar-refractivity contribution >= 4 is 17.6 Å². The van der Waals surface area contributed by atoms with Gasteiger partial charge in [0.15, 0.2) is 0 Å². The van der Waals surface area contributed by atoms with Gasteiger partial charge < -0.3 is 4.90 Å². The Morgan fingerprint density at radius 2 is 1.76 bits per heavy atom. The number of aromatic nitrogens is 2. The fourth-order valence-electron chi connectivity index (χ4n) is 5.39. The molecule has 2 saturated heterocycles. The Balaban J connectivity index is 1.43. The number of piperidine rings is 1. The van der Waals surface area contributed by atoms with Crippen molar-refractivity contribution in [1.29, 1.82) is 0 Å². The zero-order valence-corrected chi connectivity index (χ0v) is 19.5. The molecule has 2 fully saturated rings. The lowest BCUT2D eigenvalue weighted by atomic mass is 9.99. The molecule has 7 heteroatoms. The third-order valence-electron chi connectivity index (χ3n) is 7.25. The van der Waals surface area contributed by atoms with Gasteiger partial charge in [-0.1, -0.05) is 36.8 Å². The van der Waals surface area contributed by atoms with Crippen molar-refractivity contribution in [1.82, 2.24) is 19.8 Å². The number of amides is 2. The number of carbonyl (C=O) groups excluding carboxylic acids is 2. The molecule has 3 aliphatic rings. The molecule has 5 rings (SSSR count). The van der Waals surface area contributed by atoms with Gasteiger partial charge in [0.05, 0.1) is 19.1 Å². The first-order valence-corrected chi connectivity index (χ1v) is 12.3. The summed E-state index contributed by atoms with van der Waals surface area (Å²) in [6.07, 6.45) is 6.52. The molecule has 0 N–H and O–H groups in total. The molecule has 3 aliphatic heterocycles. The van der Waals surface area contributed by atoms with Crippen LogP contribution in [0, 0.1) is 6.92 Å². The molecule has 1 aromatic heterocycles. The number of hydrogen-bond donors (Lipinski definition) is 0. The average Bonchev–Trinajstić information content (AvgIpc) is 3.37. The van der Waals surface area contributed by atoms with Crippen LogP contribution in [0.15, 0.2) is 30.3 Å². The molecule has 174 valence electrons. The average molecular weight is 448 g/mol. The zero-order chi connectivity index (χ0) is 22.8. The second-order valence-corrected chi connectivity index (χ2v) is 9.50. The summed E-state index contributed by atoms with van der Waals surface area (Å²) in [7, 11) is 0. The van der Waals surface area contributed by atoms with Gasteiger partial charge in [0.25, 0.3) is 0 Å². The third kappa shape index (κ3) is 4.64. The Morgan fingerprint density at radius 3 is 2.55 bits per heavy atom. The van der Waals surface area contributed by atoms with Crippen LogP contribution in [-0.2, 0) is 22.6 Å². The van der Waals surface area contributed by atoms with Gasteiger partial charge in [-0.3, -0.25) is 19.4 Å². The molecule has 0 radical (unpaired) electrons. The summed E-state index contributed by atoms with van der Waals surface area (Å²) in [5.41, 5.74) is 3.12. The van der Waals surface area contributed by atoms with Crippen molar-refractivity contribution in [3.05, 3.63) is 53.0 Å². The monoisotopic (exact) mass is 447 g/mol. The summed E-state index contributed by atoms with van der Waals surface area (Å²) in [4.78, 5) is 41.8. The number of likely N-dealkylation sites (tertiary alicyclic amines) is 2. The number of fused-ring (bicyclic) bond motifs is 1. The molecule has 2 aromatic rings. The standard InChI is InChI=1S/C26H33N5O2/c1-19-21-12-13-23(32)31(17-20-9-3-2-4-10-20)26(21)28-25(27-19)22-11-5-6-16-30(22)18-24(33)29-14-7-8-15-29/h2-4,9-10,22H,5-8,11-18H2,1H3. The SMILES string of the molecule is Cc1nc(C2CCCCN2CC(=O)N2CCCC2)nc2c1CCC(=O)N2Cc1ccccc1. The Labute approximate surface area is 195 Å². The Morgan fingerprint density at radius 1 is 1.00 bits per heavy atom. The number of carbonyl (C=O) groups is 2. The van der Waals surface area contributed by atoms with E-state index in [1.807, 2.05) is 47.1 Å². The van der Waals surface area contributed by atoms with Gasteiger partial charge in [0, 0.05) is 30.8 Å². The van der Waals surface area contributed by atoms with Crippen molar-refractivity contribution < 1.29 is 9.59 Å². The number of hydrogen-bond acceptors (Lipinski definition) is 5. The number of rotatable bonds is 5. The molecule has 1 aromatic carbocycles. The van der Waals surface area contributed by atoms with Gasteiger partial charge in [0.2, 0.25) is 11.8 Å². The molecule has 0 spiro atoms. The number of aryl methyl sites for hydroxylation is 1. The van der Waals surface area contributed by atoms with Crippen molar-refractivity contribution in [3.8, 4) is 0 Å². The lowest BCUT2D eigenvalue weighted by Crippen LogP contribution is -2.43. The molecular weight excluding hydrogens is 414 g/mol. The summed E-state index contributed by atoms with van der Waals surface area (Å²) >= 11 is 0. The quantitative estimate of drug-likeness (QED) is 0.703. The van der Waals surface area contributed by atoms with E-state index in [0.717, 1.165) is 80.2 Å². The van der Waals surface area contributed by atoms with Crippen LogP contribution >= 0.6 is 0 Å². The molecule has 7 nitrogen and oxygen atoms in total. The molecule has 1 atom stereocenters. The van der Waals surface area contributed by atoms with E-state index < -0.39 is 0 Å². The minimum atomic E-state index is 0.0184. The van der Waals surface area contributed by atoms with E-state index in [2.05, 4.69) is 4.90 Å². The fraction of sp³-hybridized carbons (Fsp3) is 0.538. The zero-order valence-electron chi connectivity index (χ0n) is 19.5. The topological polar surface area (TPSA) is 69.6 Å². The molecule has 33 heavy (non-hydrogen) atoms. The fourth-order valence-corrected chi connectivity index (χ4v) is 5.39. The first-order chi connectivity index (χ1) is 16.1. The Hall–Kier alpha value is -2.80. The predicted octanol–water partition coefficient (Wildman–Crippen LogP) is 3.41. The van der Waals surface area contributed by atoms with Crippen molar-refractivity contribution in [2.45, 2.75) is 64.5 Å². The van der Waals surface area contributed by atoms with E-state index in [1.54, 1.807) is 0 Å². The maximum atomic E-state index is 12.9. The minimum absolute atomic E-state index is 0.0184. The molecule has 0 aliphatic carbocycles. The van der Waals surface area contributed by atoms with Gasteiger partial charge in [0.1, 0.15) is 11.6 Å². The predicted molar refractivity (Wildman–Crippen MR) is 127 cm³/mol. The lowest BCUT2D eigenvalue weighted by molar-refractivity contribution is -0.132. The van der Waals surface area contributed by atoms with E-state index in [0.29, 0.717) is 25.9 Å². The summed E-state index contributed by atoms with van der Waals surface area (Å²) in [5.74, 6) is 1.84. The highest BCUT2D eigenvalue weighted by molar-refractivity contribution is 5.95. The van der Waals surface area contributed by atoms with E-state index in [9.17, 15) is 9.59 Å². The normalized spacial score (nSPS) is 21.4. The van der Waals surface area contributed by atoms with Crippen LogP contribution in [0.3, 0.4) is 0 Å². The second-order valence-electron chi connectivity index (χ2n) is 9.50. The van der Waals surface area contributed by atoms with Crippen LogP contribution in [0.5, 0.6) is 0 Å². The second kappa shape index (κ2) is 9.59. The molecular formula is C26H33N5O2. The highest BCUT2D eigenvalue weighted by atomic mass is 16.2. The van der Waals surface area contributed by atoms with Gasteiger partial charge in [-0.05, 0) is 51.1 Å². The minimum Gasteiger partial charge on any atom is -0.342 e. The van der Waals surface area contributed by atoms with Crippen LogP contribution < -0.4 is 4.90 Å². The highest BCUT2D eigenvalue weighted by Gasteiger charge is 2.33. The van der Waals surface area contributed by atoms with E-state index in [4.69, 9.17) is 9.97 Å². The maximum absolute atomic E-state index is 12.9.